The minimum atomic E-state index is -4.32. The van der Waals surface area contributed by atoms with E-state index in [1.165, 1.54) is 12.1 Å². The van der Waals surface area contributed by atoms with Gasteiger partial charge in [-0.1, -0.05) is 12.1 Å². The van der Waals surface area contributed by atoms with Crippen LogP contribution in [0.4, 0.5) is 13.2 Å². The molecular formula is C19H27F3IN5. The van der Waals surface area contributed by atoms with Gasteiger partial charge in [0.15, 0.2) is 5.96 Å². The van der Waals surface area contributed by atoms with Crippen LogP contribution in [0.2, 0.25) is 0 Å². The maximum absolute atomic E-state index is 12.6. The van der Waals surface area contributed by atoms with Crippen molar-refractivity contribution in [2.45, 2.75) is 46.5 Å². The van der Waals surface area contributed by atoms with Crippen LogP contribution in [0.25, 0.3) is 0 Å². The Labute approximate surface area is 180 Å². The van der Waals surface area contributed by atoms with Crippen molar-refractivity contribution in [1.82, 2.24) is 20.4 Å². The van der Waals surface area contributed by atoms with Gasteiger partial charge in [-0.2, -0.15) is 18.3 Å². The average Bonchev–Trinajstić information content (AvgIpc) is 2.93. The minimum absolute atomic E-state index is 0. The zero-order chi connectivity index (χ0) is 19.9. The molecule has 0 spiro atoms. The van der Waals surface area contributed by atoms with E-state index in [0.717, 1.165) is 48.6 Å². The van der Waals surface area contributed by atoms with Crippen LogP contribution in [0.3, 0.4) is 0 Å². The summed E-state index contributed by atoms with van der Waals surface area (Å²) in [7, 11) is 0. The summed E-state index contributed by atoms with van der Waals surface area (Å²) in [4.78, 5) is 4.43. The topological polar surface area (TPSA) is 54.2 Å². The van der Waals surface area contributed by atoms with Crippen molar-refractivity contribution >= 4 is 29.9 Å². The lowest BCUT2D eigenvalue weighted by Gasteiger charge is -2.12. The van der Waals surface area contributed by atoms with Gasteiger partial charge in [-0.25, -0.2) is 4.99 Å². The molecule has 1 aromatic heterocycles. The number of alkyl halides is 3. The highest BCUT2D eigenvalue weighted by atomic mass is 127. The number of nitrogens with zero attached hydrogens (tertiary/aromatic N) is 3. The van der Waals surface area contributed by atoms with E-state index in [2.05, 4.69) is 20.7 Å². The van der Waals surface area contributed by atoms with Crippen molar-refractivity contribution in [3.8, 4) is 0 Å². The fourth-order valence-corrected chi connectivity index (χ4v) is 2.65. The van der Waals surface area contributed by atoms with E-state index < -0.39 is 11.7 Å². The third kappa shape index (κ3) is 7.69. The standard InChI is InChI=1S/C19H26F3N5.HI/c1-4-23-18(24-10-5-11-27-15(3)12-14(2)26-27)25-13-16-6-8-17(9-7-16)19(20,21)22;/h6-9,12H,4-5,10-11,13H2,1-3H3,(H2,23,24,25);1H. The zero-order valence-corrected chi connectivity index (χ0v) is 18.6. The Morgan fingerprint density at radius 2 is 1.82 bits per heavy atom. The van der Waals surface area contributed by atoms with Gasteiger partial charge in [0, 0.05) is 25.3 Å². The van der Waals surface area contributed by atoms with Crippen LogP contribution >= 0.6 is 24.0 Å². The Hall–Kier alpha value is -1.78. The molecule has 0 saturated heterocycles. The molecule has 2 N–H and O–H groups in total. The van der Waals surface area contributed by atoms with Gasteiger partial charge >= 0.3 is 6.18 Å². The monoisotopic (exact) mass is 509 g/mol. The molecule has 0 fully saturated rings. The molecule has 1 aromatic carbocycles. The van der Waals surface area contributed by atoms with Gasteiger partial charge in [0.1, 0.15) is 0 Å². The predicted octanol–water partition coefficient (Wildman–Crippen LogP) is 4.28. The second-order valence-electron chi connectivity index (χ2n) is 6.32. The molecule has 5 nitrogen and oxygen atoms in total. The predicted molar refractivity (Wildman–Crippen MR) is 116 cm³/mol. The maximum atomic E-state index is 12.6. The van der Waals surface area contributed by atoms with Gasteiger partial charge in [0.2, 0.25) is 0 Å². The van der Waals surface area contributed by atoms with Gasteiger partial charge in [-0.05, 0) is 51.0 Å². The van der Waals surface area contributed by atoms with Gasteiger partial charge < -0.3 is 10.6 Å². The summed E-state index contributed by atoms with van der Waals surface area (Å²) in [5.41, 5.74) is 2.22. The number of aromatic nitrogens is 2. The third-order valence-electron chi connectivity index (χ3n) is 3.99. The Balaban J connectivity index is 0.00000392. The first-order valence-corrected chi connectivity index (χ1v) is 8.99. The first-order valence-electron chi connectivity index (χ1n) is 8.99. The third-order valence-corrected chi connectivity index (χ3v) is 3.99. The molecule has 0 aliphatic heterocycles. The number of benzene rings is 1. The molecule has 1 heterocycles. The number of hydrogen-bond donors (Lipinski definition) is 2. The molecule has 0 aliphatic carbocycles. The van der Waals surface area contributed by atoms with Gasteiger partial charge in [0.25, 0.3) is 0 Å². The highest BCUT2D eigenvalue weighted by molar-refractivity contribution is 14.0. The normalized spacial score (nSPS) is 11.9. The number of guanidine groups is 1. The molecule has 28 heavy (non-hydrogen) atoms. The van der Waals surface area contributed by atoms with Crippen LogP contribution in [0.15, 0.2) is 35.3 Å². The number of aryl methyl sites for hydroxylation is 3. The maximum Gasteiger partial charge on any atom is 0.416 e. The number of halogens is 4. The second kappa shape index (κ2) is 11.3. The zero-order valence-electron chi connectivity index (χ0n) is 16.3. The second-order valence-corrected chi connectivity index (χ2v) is 6.32. The lowest BCUT2D eigenvalue weighted by atomic mass is 10.1. The molecule has 0 atom stereocenters. The van der Waals surface area contributed by atoms with Crippen molar-refractivity contribution in [3.63, 3.8) is 0 Å². The Morgan fingerprint density at radius 1 is 1.14 bits per heavy atom. The number of rotatable bonds is 7. The molecule has 0 saturated carbocycles. The molecule has 0 aliphatic rings. The van der Waals surface area contributed by atoms with Crippen molar-refractivity contribution < 1.29 is 13.2 Å². The summed E-state index contributed by atoms with van der Waals surface area (Å²) in [6.07, 6.45) is -3.43. The van der Waals surface area contributed by atoms with Gasteiger partial charge in [0.05, 0.1) is 17.8 Å². The van der Waals surface area contributed by atoms with Crippen LogP contribution < -0.4 is 10.6 Å². The summed E-state index contributed by atoms with van der Waals surface area (Å²) in [6.45, 7) is 8.51. The van der Waals surface area contributed by atoms with E-state index in [-0.39, 0.29) is 24.0 Å². The van der Waals surface area contributed by atoms with E-state index >= 15 is 0 Å². The smallest absolute Gasteiger partial charge is 0.357 e. The summed E-state index contributed by atoms with van der Waals surface area (Å²) >= 11 is 0. The fourth-order valence-electron chi connectivity index (χ4n) is 2.65. The average molecular weight is 509 g/mol. The number of nitrogens with one attached hydrogen (secondary N) is 2. The van der Waals surface area contributed by atoms with E-state index in [4.69, 9.17) is 0 Å². The molecule has 2 aromatic rings. The summed E-state index contributed by atoms with van der Waals surface area (Å²) in [5, 5.41) is 10.8. The van der Waals surface area contributed by atoms with Crippen molar-refractivity contribution in [3.05, 3.63) is 52.8 Å². The van der Waals surface area contributed by atoms with Crippen LogP contribution in [0.5, 0.6) is 0 Å². The first-order chi connectivity index (χ1) is 12.8. The first kappa shape index (κ1) is 24.3. The molecular weight excluding hydrogens is 482 g/mol. The molecule has 0 radical (unpaired) electrons. The quantitative estimate of drug-likeness (QED) is 0.254. The van der Waals surface area contributed by atoms with Crippen molar-refractivity contribution in [2.75, 3.05) is 13.1 Å². The largest absolute Gasteiger partial charge is 0.416 e. The SMILES string of the molecule is CCNC(=NCc1ccc(C(F)(F)F)cc1)NCCCn1nc(C)cc1C.I. The van der Waals surface area contributed by atoms with Crippen LogP contribution in [-0.2, 0) is 19.3 Å². The van der Waals surface area contributed by atoms with E-state index in [1.54, 1.807) is 0 Å². The van der Waals surface area contributed by atoms with Crippen molar-refractivity contribution in [1.29, 1.82) is 0 Å². The number of aliphatic imine (C=N–C) groups is 1. The van der Waals surface area contributed by atoms with Crippen molar-refractivity contribution in [2.24, 2.45) is 4.99 Å². The van der Waals surface area contributed by atoms with E-state index in [0.29, 0.717) is 19.0 Å². The number of hydrogen-bond acceptors (Lipinski definition) is 2. The molecule has 0 bridgehead atoms. The Kier molecular flexibility index (Phi) is 9.77. The molecule has 0 unspecified atom stereocenters. The fraction of sp³-hybridized carbons (Fsp3) is 0.474. The Morgan fingerprint density at radius 3 is 2.36 bits per heavy atom. The van der Waals surface area contributed by atoms with E-state index in [1.807, 2.05) is 31.5 Å². The highest BCUT2D eigenvalue weighted by Gasteiger charge is 2.29. The minimum Gasteiger partial charge on any atom is -0.357 e. The Bertz CT molecular complexity index is 754. The lowest BCUT2D eigenvalue weighted by molar-refractivity contribution is -0.137. The molecule has 9 heteroatoms. The van der Waals surface area contributed by atoms with Crippen LogP contribution in [0, 0.1) is 13.8 Å². The van der Waals surface area contributed by atoms with E-state index in [9.17, 15) is 13.2 Å². The molecule has 156 valence electrons. The molecule has 2 rings (SSSR count). The summed E-state index contributed by atoms with van der Waals surface area (Å²) in [5.74, 6) is 0.644. The summed E-state index contributed by atoms with van der Waals surface area (Å²) in [6, 6.07) is 7.12. The van der Waals surface area contributed by atoms with Gasteiger partial charge in [-0.3, -0.25) is 4.68 Å². The lowest BCUT2D eigenvalue weighted by Crippen LogP contribution is -2.38. The van der Waals surface area contributed by atoms with Crippen LogP contribution in [-0.4, -0.2) is 28.8 Å². The summed E-state index contributed by atoms with van der Waals surface area (Å²) < 4.78 is 39.8. The molecule has 0 amide bonds. The highest BCUT2D eigenvalue weighted by Crippen LogP contribution is 2.29. The van der Waals surface area contributed by atoms with Crippen LogP contribution in [0.1, 0.15) is 35.9 Å². The van der Waals surface area contributed by atoms with Gasteiger partial charge in [-0.15, -0.1) is 24.0 Å².